The number of phosphoric acid groups is 1. The fourth-order valence-electron chi connectivity index (χ4n) is 0. The van der Waals surface area contributed by atoms with Crippen LogP contribution >= 0.6 is 7.82 Å². The zero-order chi connectivity index (χ0) is 4.50. The summed E-state index contributed by atoms with van der Waals surface area (Å²) in [5.41, 5.74) is 0. The van der Waals surface area contributed by atoms with Crippen molar-refractivity contribution in [1.29, 1.82) is 0 Å². The minimum absolute atomic E-state index is 0. The molecule has 0 saturated carbocycles. The molecule has 0 atom stereocenters. The Labute approximate surface area is 119 Å². The summed E-state index contributed by atoms with van der Waals surface area (Å²) in [5, 5.41) is 0. The summed E-state index contributed by atoms with van der Waals surface area (Å²) >= 11 is 0. The Morgan fingerprint density at radius 2 is 1.29 bits per heavy atom. The summed E-state index contributed by atoms with van der Waals surface area (Å²) in [6, 6.07) is 0. The maximum Gasteiger partial charge on any atom is 1.00 e. The van der Waals surface area contributed by atoms with Crippen LogP contribution in [0.15, 0.2) is 0 Å². The molecule has 0 aromatic rings. The normalized spacial score (nSPS) is 8.43. The molecule has 0 aliphatic heterocycles. The standard InChI is InChI=1S/Ce.K.H3O4P.H/c;;1-5(2,3)4;/h;;(H3,1,2,3,4);/q;+1;;-1. The molecule has 4 nitrogen and oxygen atoms in total. The Kier molecular flexibility index (Phi) is 17.2. The molecule has 0 saturated heterocycles. The van der Waals surface area contributed by atoms with Gasteiger partial charge in [0, 0.05) is 41.7 Å². The molecule has 0 aromatic heterocycles. The Morgan fingerprint density at radius 3 is 1.29 bits per heavy atom. The third-order valence-electron chi connectivity index (χ3n) is 0. The van der Waals surface area contributed by atoms with Gasteiger partial charge in [0.25, 0.3) is 0 Å². The van der Waals surface area contributed by atoms with Gasteiger partial charge in [-0.3, -0.25) is 0 Å². The van der Waals surface area contributed by atoms with Crippen LogP contribution in [0.25, 0.3) is 0 Å². The summed E-state index contributed by atoms with van der Waals surface area (Å²) in [6.45, 7) is 0. The predicted molar refractivity (Wildman–Crippen MR) is 15.4 cm³/mol. The second-order valence-electron chi connectivity index (χ2n) is 0.513. The van der Waals surface area contributed by atoms with Gasteiger partial charge in [-0.1, -0.05) is 0 Å². The van der Waals surface area contributed by atoms with E-state index in [1.807, 2.05) is 0 Å². The van der Waals surface area contributed by atoms with Crippen molar-refractivity contribution < 1.29 is 114 Å². The van der Waals surface area contributed by atoms with Crippen molar-refractivity contribution in [3.05, 3.63) is 0 Å². The second kappa shape index (κ2) is 7.23. The minimum Gasteiger partial charge on any atom is -1.00 e. The van der Waals surface area contributed by atoms with Crippen LogP contribution in [0.3, 0.4) is 0 Å². The van der Waals surface area contributed by atoms with Crippen LogP contribution in [0.4, 0.5) is 0 Å². The molecule has 0 spiro atoms. The van der Waals surface area contributed by atoms with Gasteiger partial charge in [0.1, 0.15) is 0 Å². The first-order chi connectivity index (χ1) is 2.00. The Morgan fingerprint density at radius 1 is 1.29 bits per heavy atom. The first-order valence-corrected chi connectivity index (χ1v) is 2.35. The van der Waals surface area contributed by atoms with E-state index in [-0.39, 0.29) is 94.6 Å². The van der Waals surface area contributed by atoms with Gasteiger partial charge in [0.05, 0.1) is 0 Å². The largest absolute Gasteiger partial charge is 1.00 e. The molecule has 0 unspecified atom stereocenters. The first-order valence-electron chi connectivity index (χ1n) is 0.783. The summed E-state index contributed by atoms with van der Waals surface area (Å²) in [4.78, 5) is 21.6. The average molecular weight is 278 g/mol. The van der Waals surface area contributed by atoms with Gasteiger partial charge in [0.2, 0.25) is 0 Å². The zero-order valence-electron chi connectivity index (χ0n) is 4.70. The molecule has 0 radical (unpaired) electrons. The van der Waals surface area contributed by atoms with E-state index < -0.39 is 7.82 Å². The molecule has 0 heterocycles. The van der Waals surface area contributed by atoms with Crippen molar-refractivity contribution in [2.75, 3.05) is 0 Å². The molecule has 0 bridgehead atoms. The van der Waals surface area contributed by atoms with E-state index in [1.165, 1.54) is 0 Å². The molecule has 7 heteroatoms. The summed E-state index contributed by atoms with van der Waals surface area (Å²) in [6.07, 6.45) is 0. The Balaban J connectivity index is -0.0000000267. The van der Waals surface area contributed by atoms with E-state index in [0.717, 1.165) is 0 Å². The van der Waals surface area contributed by atoms with Gasteiger partial charge in [-0.2, -0.15) is 0 Å². The molecule has 0 aliphatic carbocycles. The maximum atomic E-state index is 8.88. The molecule has 0 rings (SSSR count). The van der Waals surface area contributed by atoms with Crippen LogP contribution in [-0.4, -0.2) is 14.7 Å². The van der Waals surface area contributed by atoms with Gasteiger partial charge in [-0.25, -0.2) is 4.57 Å². The van der Waals surface area contributed by atoms with Gasteiger partial charge < -0.3 is 16.1 Å². The summed E-state index contributed by atoms with van der Waals surface area (Å²) in [5.74, 6) is 0. The SMILES string of the molecule is O=P(O)(O)O.[Ce].[H-].[K+]. The van der Waals surface area contributed by atoms with Crippen LogP contribution in [0.5, 0.6) is 0 Å². The van der Waals surface area contributed by atoms with Gasteiger partial charge in [-0.05, 0) is 0 Å². The average Bonchev–Trinajstić information content (AvgIpc) is 0.722. The van der Waals surface area contributed by atoms with Crippen molar-refractivity contribution in [2.45, 2.75) is 0 Å². The van der Waals surface area contributed by atoms with E-state index in [2.05, 4.69) is 0 Å². The van der Waals surface area contributed by atoms with Crippen molar-refractivity contribution in [2.24, 2.45) is 0 Å². The fraction of sp³-hybridized carbons (Fsp3) is 0. The van der Waals surface area contributed by atoms with Crippen LogP contribution in [0, 0.1) is 41.7 Å². The molecule has 38 valence electrons. The zero-order valence-corrected chi connectivity index (χ0v) is 10.9. The predicted octanol–water partition coefficient (Wildman–Crippen LogP) is -3.81. The topological polar surface area (TPSA) is 77.8 Å². The quantitative estimate of drug-likeness (QED) is 0.314. The Hall–Kier alpha value is 3.12. The van der Waals surface area contributed by atoms with E-state index in [4.69, 9.17) is 19.2 Å². The molecule has 0 fully saturated rings. The van der Waals surface area contributed by atoms with Gasteiger partial charge in [0.15, 0.2) is 0 Å². The van der Waals surface area contributed by atoms with Crippen molar-refractivity contribution in [3.63, 3.8) is 0 Å². The van der Waals surface area contributed by atoms with Gasteiger partial charge in [-0.15, -0.1) is 0 Å². The number of hydrogen-bond donors (Lipinski definition) is 3. The number of hydrogen-bond acceptors (Lipinski definition) is 1. The van der Waals surface area contributed by atoms with Crippen molar-refractivity contribution in [3.8, 4) is 0 Å². The third kappa shape index (κ3) is 47.5. The summed E-state index contributed by atoms with van der Waals surface area (Å²) in [7, 11) is -4.64. The number of rotatable bonds is 0. The monoisotopic (exact) mass is 278 g/mol. The van der Waals surface area contributed by atoms with Crippen molar-refractivity contribution >= 4 is 7.82 Å². The third-order valence-corrected chi connectivity index (χ3v) is 0. The molecule has 0 aromatic carbocycles. The van der Waals surface area contributed by atoms with Gasteiger partial charge >= 0.3 is 59.2 Å². The van der Waals surface area contributed by atoms with Crippen LogP contribution in [-0.2, 0) is 4.57 Å². The van der Waals surface area contributed by atoms with Crippen LogP contribution < -0.4 is 51.4 Å². The van der Waals surface area contributed by atoms with Crippen molar-refractivity contribution in [1.82, 2.24) is 0 Å². The maximum absolute atomic E-state index is 8.88. The van der Waals surface area contributed by atoms with Crippen LogP contribution in [0.2, 0.25) is 0 Å². The molecular weight excluding hydrogens is 274 g/mol. The first kappa shape index (κ1) is 16.6. The molecule has 3 N–H and O–H groups in total. The Bertz CT molecular complexity index is 62.2. The minimum atomic E-state index is -4.64. The molecule has 0 aliphatic rings. The second-order valence-corrected chi connectivity index (χ2v) is 1.54. The molecule has 0 amide bonds. The van der Waals surface area contributed by atoms with E-state index in [0.29, 0.717) is 0 Å². The molecule has 7 heavy (non-hydrogen) atoms. The molecular formula is H4CeKO4P. The van der Waals surface area contributed by atoms with E-state index in [9.17, 15) is 0 Å². The fourth-order valence-corrected chi connectivity index (χ4v) is 0. The smallest absolute Gasteiger partial charge is 1.00 e. The van der Waals surface area contributed by atoms with Crippen LogP contribution in [0.1, 0.15) is 1.43 Å². The van der Waals surface area contributed by atoms with E-state index in [1.54, 1.807) is 0 Å². The van der Waals surface area contributed by atoms with E-state index >= 15 is 0 Å². The summed E-state index contributed by atoms with van der Waals surface area (Å²) < 4.78 is 8.88.